The minimum Gasteiger partial charge on any atom is -0.480 e. The number of aliphatic carboxylic acids is 1. The summed E-state index contributed by atoms with van der Waals surface area (Å²) in [6, 6.07) is 6.80. The van der Waals surface area contributed by atoms with E-state index in [2.05, 4.69) is 0 Å². The third-order valence-electron chi connectivity index (χ3n) is 4.24. The molecule has 6 nitrogen and oxygen atoms in total. The summed E-state index contributed by atoms with van der Waals surface area (Å²) in [7, 11) is 0. The van der Waals surface area contributed by atoms with E-state index in [1.54, 1.807) is 10.6 Å². The van der Waals surface area contributed by atoms with Gasteiger partial charge in [-0.05, 0) is 31.0 Å². The minimum absolute atomic E-state index is 0.139. The largest absolute Gasteiger partial charge is 0.480 e. The lowest BCUT2D eigenvalue weighted by Crippen LogP contribution is -2.41. The zero-order chi connectivity index (χ0) is 15.0. The Morgan fingerprint density at radius 1 is 1.38 bits per heavy atom. The molecule has 6 heteroatoms. The average Bonchev–Trinajstić information content (AvgIpc) is 2.96. The van der Waals surface area contributed by atoms with E-state index in [0.717, 1.165) is 18.5 Å². The average molecular weight is 290 g/mol. The number of carbonyl (C=O) groups is 1. The molecule has 112 valence electrons. The van der Waals surface area contributed by atoms with E-state index in [1.807, 2.05) is 30.0 Å². The zero-order valence-corrected chi connectivity index (χ0v) is 11.9. The summed E-state index contributed by atoms with van der Waals surface area (Å²) >= 11 is 0. The van der Waals surface area contributed by atoms with Crippen LogP contribution in [0.15, 0.2) is 33.5 Å². The fraction of sp³-hybridized carbons (Fsp3) is 0.467. The molecule has 1 aromatic carbocycles. The molecule has 2 aromatic rings. The van der Waals surface area contributed by atoms with Crippen LogP contribution in [0.5, 0.6) is 0 Å². The summed E-state index contributed by atoms with van der Waals surface area (Å²) in [4.78, 5) is 25.2. The molecule has 0 aliphatic carbocycles. The van der Waals surface area contributed by atoms with E-state index in [-0.39, 0.29) is 5.92 Å². The number of hydrogen-bond donors (Lipinski definition) is 1. The third-order valence-corrected chi connectivity index (χ3v) is 4.24. The van der Waals surface area contributed by atoms with Gasteiger partial charge in [-0.3, -0.25) is 14.3 Å². The van der Waals surface area contributed by atoms with Gasteiger partial charge in [-0.2, -0.15) is 0 Å². The predicted octanol–water partition coefficient (Wildman–Crippen LogP) is 1.39. The third kappa shape index (κ3) is 2.47. The Hall–Kier alpha value is -2.08. The Morgan fingerprint density at radius 3 is 2.90 bits per heavy atom. The van der Waals surface area contributed by atoms with Crippen LogP contribution in [0.3, 0.4) is 0 Å². The summed E-state index contributed by atoms with van der Waals surface area (Å²) in [6.45, 7) is 3.68. The molecule has 21 heavy (non-hydrogen) atoms. The fourth-order valence-electron chi connectivity index (χ4n) is 3.13. The second kappa shape index (κ2) is 5.37. The normalized spacial score (nSPS) is 22.9. The molecule has 0 bridgehead atoms. The van der Waals surface area contributed by atoms with Crippen LogP contribution in [-0.4, -0.2) is 39.7 Å². The van der Waals surface area contributed by atoms with Crippen molar-refractivity contribution in [3.63, 3.8) is 0 Å². The highest BCUT2D eigenvalue weighted by molar-refractivity contribution is 5.74. The molecule has 1 fully saturated rings. The standard InChI is InChI=1S/C15H18N2O4/c1-10-6-7-16(13(10)14(18)19)8-9-17-11-4-2-3-5-12(11)21-15(17)20/h2-5,10,13H,6-9H2,1H3,(H,18,19). The Labute approximate surface area is 121 Å². The highest BCUT2D eigenvalue weighted by atomic mass is 16.4. The molecular formula is C15H18N2O4. The highest BCUT2D eigenvalue weighted by Gasteiger charge is 2.36. The van der Waals surface area contributed by atoms with Gasteiger partial charge in [-0.1, -0.05) is 19.1 Å². The van der Waals surface area contributed by atoms with Gasteiger partial charge in [-0.25, -0.2) is 4.79 Å². The summed E-state index contributed by atoms with van der Waals surface area (Å²) in [5, 5.41) is 9.31. The number of aromatic nitrogens is 1. The molecule has 1 aromatic heterocycles. The number of rotatable bonds is 4. The van der Waals surface area contributed by atoms with Gasteiger partial charge in [0.1, 0.15) is 6.04 Å². The number of oxazole rings is 1. The van der Waals surface area contributed by atoms with Crippen LogP contribution >= 0.6 is 0 Å². The number of carboxylic acid groups (broad SMARTS) is 1. The molecular weight excluding hydrogens is 272 g/mol. The molecule has 0 saturated carbocycles. The summed E-state index contributed by atoms with van der Waals surface area (Å²) in [5.41, 5.74) is 1.31. The van der Waals surface area contributed by atoms with Gasteiger partial charge in [0.15, 0.2) is 5.58 Å². The molecule has 1 N–H and O–H groups in total. The smallest absolute Gasteiger partial charge is 0.419 e. The van der Waals surface area contributed by atoms with Crippen LogP contribution < -0.4 is 5.76 Å². The van der Waals surface area contributed by atoms with E-state index >= 15 is 0 Å². The van der Waals surface area contributed by atoms with Crippen molar-refractivity contribution in [2.75, 3.05) is 13.1 Å². The molecule has 2 heterocycles. The Kier molecular flexibility index (Phi) is 3.55. The second-order valence-corrected chi connectivity index (χ2v) is 5.57. The quantitative estimate of drug-likeness (QED) is 0.921. The summed E-state index contributed by atoms with van der Waals surface area (Å²) < 4.78 is 6.75. The first-order chi connectivity index (χ1) is 10.1. The maximum atomic E-state index is 11.9. The first kappa shape index (κ1) is 13.9. The van der Waals surface area contributed by atoms with E-state index in [1.165, 1.54) is 0 Å². The van der Waals surface area contributed by atoms with Crippen molar-refractivity contribution in [1.82, 2.24) is 9.47 Å². The van der Waals surface area contributed by atoms with Gasteiger partial charge >= 0.3 is 11.7 Å². The zero-order valence-electron chi connectivity index (χ0n) is 11.9. The van der Waals surface area contributed by atoms with Gasteiger partial charge in [-0.15, -0.1) is 0 Å². The topological polar surface area (TPSA) is 75.7 Å². The lowest BCUT2D eigenvalue weighted by atomic mass is 10.0. The van der Waals surface area contributed by atoms with Crippen LogP contribution in [0.2, 0.25) is 0 Å². The SMILES string of the molecule is CC1CCN(CCn2c(=O)oc3ccccc32)C1C(=O)O. The number of fused-ring (bicyclic) bond motifs is 1. The molecule has 0 amide bonds. The highest BCUT2D eigenvalue weighted by Crippen LogP contribution is 2.24. The van der Waals surface area contributed by atoms with E-state index < -0.39 is 17.8 Å². The Morgan fingerprint density at radius 2 is 2.14 bits per heavy atom. The minimum atomic E-state index is -0.788. The second-order valence-electron chi connectivity index (χ2n) is 5.57. The molecule has 2 unspecified atom stereocenters. The van der Waals surface area contributed by atoms with Crippen molar-refractivity contribution in [3.8, 4) is 0 Å². The molecule has 1 saturated heterocycles. The van der Waals surface area contributed by atoms with Crippen LogP contribution in [0.25, 0.3) is 11.1 Å². The van der Waals surface area contributed by atoms with Crippen LogP contribution in [0, 0.1) is 5.92 Å². The number of para-hydroxylation sites is 2. The van der Waals surface area contributed by atoms with Crippen LogP contribution in [-0.2, 0) is 11.3 Å². The van der Waals surface area contributed by atoms with E-state index in [4.69, 9.17) is 4.42 Å². The van der Waals surface area contributed by atoms with Crippen molar-refractivity contribution in [2.24, 2.45) is 5.92 Å². The van der Waals surface area contributed by atoms with Gasteiger partial charge in [0.2, 0.25) is 0 Å². The van der Waals surface area contributed by atoms with Crippen LogP contribution in [0.1, 0.15) is 13.3 Å². The van der Waals surface area contributed by atoms with Crippen LogP contribution in [0.4, 0.5) is 0 Å². The van der Waals surface area contributed by atoms with E-state index in [9.17, 15) is 14.7 Å². The maximum absolute atomic E-state index is 11.9. The number of carboxylic acids is 1. The lowest BCUT2D eigenvalue weighted by Gasteiger charge is -2.22. The number of hydrogen-bond acceptors (Lipinski definition) is 4. The first-order valence-electron chi connectivity index (χ1n) is 7.13. The predicted molar refractivity (Wildman–Crippen MR) is 77.3 cm³/mol. The molecule has 3 rings (SSSR count). The number of nitrogens with zero attached hydrogens (tertiary/aromatic N) is 2. The van der Waals surface area contributed by atoms with Gasteiger partial charge in [0, 0.05) is 13.1 Å². The Balaban J connectivity index is 1.79. The Bertz CT molecular complexity index is 718. The van der Waals surface area contributed by atoms with Gasteiger partial charge < -0.3 is 9.52 Å². The van der Waals surface area contributed by atoms with Crippen molar-refractivity contribution < 1.29 is 14.3 Å². The molecule has 2 atom stereocenters. The van der Waals surface area contributed by atoms with Crippen molar-refractivity contribution >= 4 is 17.1 Å². The molecule has 0 radical (unpaired) electrons. The summed E-state index contributed by atoms with van der Waals surface area (Å²) in [6.07, 6.45) is 0.873. The monoisotopic (exact) mass is 290 g/mol. The number of likely N-dealkylation sites (tertiary alicyclic amines) is 1. The van der Waals surface area contributed by atoms with E-state index in [0.29, 0.717) is 18.7 Å². The lowest BCUT2D eigenvalue weighted by molar-refractivity contribution is -0.143. The molecule has 1 aliphatic rings. The van der Waals surface area contributed by atoms with Crippen molar-refractivity contribution in [3.05, 3.63) is 34.8 Å². The van der Waals surface area contributed by atoms with Crippen molar-refractivity contribution in [1.29, 1.82) is 0 Å². The molecule has 0 spiro atoms. The maximum Gasteiger partial charge on any atom is 0.419 e. The number of benzene rings is 1. The van der Waals surface area contributed by atoms with Gasteiger partial charge in [0.25, 0.3) is 0 Å². The fourth-order valence-corrected chi connectivity index (χ4v) is 3.13. The summed E-state index contributed by atoms with van der Waals surface area (Å²) in [5.74, 6) is -1.04. The van der Waals surface area contributed by atoms with Gasteiger partial charge in [0.05, 0.1) is 5.52 Å². The van der Waals surface area contributed by atoms with Crippen molar-refractivity contribution in [2.45, 2.75) is 25.9 Å². The first-order valence-corrected chi connectivity index (χ1v) is 7.13. The molecule has 1 aliphatic heterocycles.